The van der Waals surface area contributed by atoms with Crippen molar-refractivity contribution in [1.82, 2.24) is 15.6 Å². The van der Waals surface area contributed by atoms with Gasteiger partial charge in [0.05, 0.1) is 22.5 Å². The highest BCUT2D eigenvalue weighted by molar-refractivity contribution is 7.09. The van der Waals surface area contributed by atoms with E-state index in [-0.39, 0.29) is 25.0 Å². The summed E-state index contributed by atoms with van der Waals surface area (Å²) in [6.45, 7) is 1.58. The van der Waals surface area contributed by atoms with Gasteiger partial charge in [-0.1, -0.05) is 60.7 Å². The van der Waals surface area contributed by atoms with Crippen molar-refractivity contribution in [3.63, 3.8) is 0 Å². The Labute approximate surface area is 197 Å². The Balaban J connectivity index is 1.67. The molecule has 1 aromatic heterocycles. The minimum Gasteiger partial charge on any atom is -0.444 e. The summed E-state index contributed by atoms with van der Waals surface area (Å²) in [6.07, 6.45) is 1.42. The van der Waals surface area contributed by atoms with Crippen LogP contribution in [0.3, 0.4) is 0 Å². The molecule has 174 valence electrons. The molecule has 0 saturated heterocycles. The number of benzene rings is 2. The van der Waals surface area contributed by atoms with Crippen molar-refractivity contribution in [3.05, 3.63) is 88.4 Å². The minimum atomic E-state index is -0.901. The number of carbonyl (C=O) groups excluding carboxylic acids is 2. The lowest BCUT2D eigenvalue weighted by atomic mass is 9.93. The number of nitrogens with one attached hydrogen (secondary N) is 2. The van der Waals surface area contributed by atoms with Gasteiger partial charge in [-0.2, -0.15) is 0 Å². The van der Waals surface area contributed by atoms with Crippen LogP contribution in [-0.4, -0.2) is 40.3 Å². The first-order chi connectivity index (χ1) is 16.0. The van der Waals surface area contributed by atoms with Crippen LogP contribution in [0.15, 0.2) is 72.4 Å². The molecule has 1 heterocycles. The number of thiazole rings is 1. The molecule has 2 amide bonds. The van der Waals surface area contributed by atoms with E-state index in [4.69, 9.17) is 4.74 Å². The average Bonchev–Trinajstić information content (AvgIpc) is 3.32. The van der Waals surface area contributed by atoms with Gasteiger partial charge in [0.25, 0.3) is 0 Å². The Morgan fingerprint density at radius 1 is 1.00 bits per heavy atom. The van der Waals surface area contributed by atoms with E-state index < -0.39 is 18.2 Å². The molecule has 0 aliphatic carbocycles. The highest BCUT2D eigenvalue weighted by atomic mass is 32.1. The van der Waals surface area contributed by atoms with Crippen LogP contribution in [0, 0.1) is 0 Å². The average molecular weight is 468 g/mol. The normalized spacial score (nSPS) is 13.5. The van der Waals surface area contributed by atoms with Crippen LogP contribution < -0.4 is 10.6 Å². The van der Waals surface area contributed by atoms with Gasteiger partial charge >= 0.3 is 6.09 Å². The predicted octanol–water partition coefficient (Wildman–Crippen LogP) is 3.48. The van der Waals surface area contributed by atoms with Gasteiger partial charge in [0.1, 0.15) is 6.61 Å². The quantitative estimate of drug-likeness (QED) is 0.401. The second-order valence-corrected chi connectivity index (χ2v) is 8.85. The van der Waals surface area contributed by atoms with Crippen molar-refractivity contribution >= 4 is 23.3 Å². The lowest BCUT2D eigenvalue weighted by Gasteiger charge is -2.28. The number of ether oxygens (including phenoxy) is 1. The van der Waals surface area contributed by atoms with Crippen LogP contribution in [0.5, 0.6) is 0 Å². The van der Waals surface area contributed by atoms with Gasteiger partial charge in [0, 0.05) is 19.2 Å². The topological polar surface area (TPSA) is 101 Å². The van der Waals surface area contributed by atoms with Crippen LogP contribution in [-0.2, 0) is 29.0 Å². The van der Waals surface area contributed by atoms with Gasteiger partial charge in [-0.3, -0.25) is 9.78 Å². The first kappa shape index (κ1) is 24.4. The van der Waals surface area contributed by atoms with Gasteiger partial charge < -0.3 is 20.5 Å². The van der Waals surface area contributed by atoms with Crippen molar-refractivity contribution in [2.75, 3.05) is 0 Å². The number of carbonyl (C=O) groups is 2. The third-order valence-corrected chi connectivity index (χ3v) is 5.91. The molecule has 0 radical (unpaired) electrons. The maximum atomic E-state index is 12.5. The zero-order chi connectivity index (χ0) is 23.5. The van der Waals surface area contributed by atoms with E-state index in [1.807, 2.05) is 60.7 Å². The molecule has 0 aliphatic heterocycles. The molecule has 3 rings (SSSR count). The molecule has 0 fully saturated rings. The highest BCUT2D eigenvalue weighted by Gasteiger charge is 2.26. The number of aliphatic hydroxyl groups is 1. The molecule has 0 aliphatic rings. The summed E-state index contributed by atoms with van der Waals surface area (Å²) in [5, 5.41) is 16.8. The van der Waals surface area contributed by atoms with E-state index in [0.717, 1.165) is 16.0 Å². The molecular formula is C25H29N3O4S. The zero-order valence-electron chi connectivity index (χ0n) is 18.5. The van der Waals surface area contributed by atoms with Gasteiger partial charge in [0.2, 0.25) is 5.91 Å². The zero-order valence-corrected chi connectivity index (χ0v) is 19.3. The Bertz CT molecular complexity index is 983. The minimum absolute atomic E-state index is 0.118. The number of aliphatic hydroxyl groups excluding tert-OH is 1. The fraction of sp³-hybridized carbons (Fsp3) is 0.320. The van der Waals surface area contributed by atoms with E-state index in [0.29, 0.717) is 12.8 Å². The Kier molecular flexibility index (Phi) is 9.41. The summed E-state index contributed by atoms with van der Waals surface area (Å²) in [7, 11) is 0. The summed E-state index contributed by atoms with van der Waals surface area (Å²) in [5.74, 6) is -0.167. The van der Waals surface area contributed by atoms with Crippen LogP contribution in [0.2, 0.25) is 0 Å². The summed E-state index contributed by atoms with van der Waals surface area (Å²) >= 11 is 1.40. The molecule has 0 bridgehead atoms. The summed E-state index contributed by atoms with van der Waals surface area (Å²) in [6, 6.07) is 18.5. The van der Waals surface area contributed by atoms with E-state index in [9.17, 15) is 14.7 Å². The number of nitrogens with zero attached hydrogens (tertiary/aromatic N) is 1. The van der Waals surface area contributed by atoms with Crippen LogP contribution in [0.25, 0.3) is 0 Å². The second-order valence-electron chi connectivity index (χ2n) is 7.87. The van der Waals surface area contributed by atoms with Gasteiger partial charge in [-0.25, -0.2) is 4.79 Å². The molecule has 33 heavy (non-hydrogen) atoms. The highest BCUT2D eigenvalue weighted by Crippen LogP contribution is 2.15. The molecule has 3 atom stereocenters. The molecule has 3 N–H and O–H groups in total. The molecule has 2 aromatic carbocycles. The van der Waals surface area contributed by atoms with Crippen molar-refractivity contribution in [3.8, 4) is 0 Å². The van der Waals surface area contributed by atoms with Gasteiger partial charge in [-0.15, -0.1) is 11.3 Å². The maximum Gasteiger partial charge on any atom is 0.407 e. The van der Waals surface area contributed by atoms with E-state index in [1.165, 1.54) is 18.3 Å². The molecule has 8 heteroatoms. The smallest absolute Gasteiger partial charge is 0.407 e. The summed E-state index contributed by atoms with van der Waals surface area (Å²) < 4.78 is 5.31. The van der Waals surface area contributed by atoms with Crippen LogP contribution in [0.4, 0.5) is 4.79 Å². The Morgan fingerprint density at radius 3 is 2.21 bits per heavy atom. The molecule has 7 nitrogen and oxygen atoms in total. The van der Waals surface area contributed by atoms with Crippen molar-refractivity contribution in [1.29, 1.82) is 0 Å². The molecule has 0 unspecified atom stereocenters. The third kappa shape index (κ3) is 8.67. The van der Waals surface area contributed by atoms with Crippen molar-refractivity contribution in [2.24, 2.45) is 0 Å². The Morgan fingerprint density at radius 2 is 1.64 bits per heavy atom. The second kappa shape index (κ2) is 12.7. The maximum absolute atomic E-state index is 12.5. The first-order valence-electron chi connectivity index (χ1n) is 10.8. The number of aromatic nitrogens is 1. The van der Waals surface area contributed by atoms with Crippen LogP contribution in [0.1, 0.15) is 29.3 Å². The lowest BCUT2D eigenvalue weighted by Crippen LogP contribution is -2.48. The van der Waals surface area contributed by atoms with Gasteiger partial charge in [0.15, 0.2) is 0 Å². The monoisotopic (exact) mass is 467 g/mol. The Hall–Kier alpha value is -3.23. The number of rotatable bonds is 11. The van der Waals surface area contributed by atoms with Crippen LogP contribution >= 0.6 is 11.3 Å². The van der Waals surface area contributed by atoms with Crippen molar-refractivity contribution < 1.29 is 19.4 Å². The summed E-state index contributed by atoms with van der Waals surface area (Å²) in [5.41, 5.74) is 3.71. The fourth-order valence-corrected chi connectivity index (χ4v) is 4.14. The molecular weight excluding hydrogens is 438 g/mol. The van der Waals surface area contributed by atoms with E-state index in [2.05, 4.69) is 15.6 Å². The van der Waals surface area contributed by atoms with E-state index in [1.54, 1.807) is 11.7 Å². The third-order valence-electron chi connectivity index (χ3n) is 5.15. The number of hydrogen-bond donors (Lipinski definition) is 3. The summed E-state index contributed by atoms with van der Waals surface area (Å²) in [4.78, 5) is 29.0. The first-order valence-corrected chi connectivity index (χ1v) is 11.7. The van der Waals surface area contributed by atoms with Crippen molar-refractivity contribution in [2.45, 2.75) is 51.0 Å². The number of amides is 2. The molecule has 0 saturated carbocycles. The molecule has 3 aromatic rings. The standard InChI is InChI=1S/C25H29N3O4S/c1-18(29)27-21(12-19-8-4-2-5-9-19)14-24(30)23(13-20-10-6-3-7-11-20)28-25(31)32-16-22-15-26-17-33-22/h2-11,15,17,21,23-24,30H,12-14,16H2,1H3,(H,27,29)(H,28,31)/t21-,23-,24-/m1/s1. The predicted molar refractivity (Wildman–Crippen MR) is 128 cm³/mol. The SMILES string of the molecule is CC(=O)N[C@H](Cc1ccccc1)C[C@@H](O)[C@@H](Cc1ccccc1)NC(=O)OCc1cncs1. The number of hydrogen-bond acceptors (Lipinski definition) is 6. The lowest BCUT2D eigenvalue weighted by molar-refractivity contribution is -0.119. The number of alkyl carbamates (subject to hydrolysis) is 1. The van der Waals surface area contributed by atoms with E-state index >= 15 is 0 Å². The fourth-order valence-electron chi connectivity index (χ4n) is 3.63. The van der Waals surface area contributed by atoms with Gasteiger partial charge in [-0.05, 0) is 30.4 Å². The largest absolute Gasteiger partial charge is 0.444 e. The molecule has 0 spiro atoms.